The molecule has 1 aromatic carbocycles. The standard InChI is InChI=1S/C17H22N6O/c1-22(2)14(12-7-5-6-8-15(12)24-4)10-18-16-13-9-21-23(3)17(13)20-11-19-16/h5-9,11,14H,10H2,1-4H3,(H,18,19,20)/t14-/m0/s1. The van der Waals surface area contributed by atoms with Crippen LogP contribution in [0.15, 0.2) is 36.8 Å². The molecule has 0 spiro atoms. The van der Waals surface area contributed by atoms with Crippen LogP contribution in [-0.2, 0) is 7.05 Å². The number of nitrogens with one attached hydrogen (secondary N) is 1. The van der Waals surface area contributed by atoms with Crippen LogP contribution in [0.2, 0.25) is 0 Å². The van der Waals surface area contributed by atoms with Crippen LogP contribution in [0.1, 0.15) is 11.6 Å². The molecule has 0 saturated carbocycles. The monoisotopic (exact) mass is 326 g/mol. The van der Waals surface area contributed by atoms with E-state index in [9.17, 15) is 0 Å². The summed E-state index contributed by atoms with van der Waals surface area (Å²) in [5, 5.41) is 8.59. The zero-order chi connectivity index (χ0) is 17.1. The second-order valence-corrected chi connectivity index (χ2v) is 5.83. The fourth-order valence-electron chi connectivity index (χ4n) is 2.81. The highest BCUT2D eigenvalue weighted by Crippen LogP contribution is 2.28. The normalized spacial score (nSPS) is 12.5. The van der Waals surface area contributed by atoms with Gasteiger partial charge < -0.3 is 15.0 Å². The van der Waals surface area contributed by atoms with Gasteiger partial charge in [0.05, 0.1) is 24.7 Å². The number of benzene rings is 1. The number of para-hydroxylation sites is 1. The van der Waals surface area contributed by atoms with Gasteiger partial charge in [0.15, 0.2) is 5.65 Å². The van der Waals surface area contributed by atoms with E-state index in [1.165, 1.54) is 0 Å². The summed E-state index contributed by atoms with van der Waals surface area (Å²) in [5.74, 6) is 1.67. The second kappa shape index (κ2) is 6.84. The number of rotatable bonds is 6. The van der Waals surface area contributed by atoms with E-state index < -0.39 is 0 Å². The number of aromatic nitrogens is 4. The van der Waals surface area contributed by atoms with Crippen molar-refractivity contribution in [3.8, 4) is 5.75 Å². The minimum Gasteiger partial charge on any atom is -0.496 e. The number of hydrogen-bond acceptors (Lipinski definition) is 6. The van der Waals surface area contributed by atoms with Crippen molar-refractivity contribution in [2.24, 2.45) is 7.05 Å². The first kappa shape index (κ1) is 16.2. The first-order valence-electron chi connectivity index (χ1n) is 7.77. The average Bonchev–Trinajstić information content (AvgIpc) is 2.97. The highest BCUT2D eigenvalue weighted by atomic mass is 16.5. The number of aryl methyl sites for hydroxylation is 1. The molecule has 0 aliphatic rings. The van der Waals surface area contributed by atoms with Crippen molar-refractivity contribution < 1.29 is 4.74 Å². The molecule has 126 valence electrons. The van der Waals surface area contributed by atoms with E-state index in [2.05, 4.69) is 45.4 Å². The van der Waals surface area contributed by atoms with Crippen molar-refractivity contribution >= 4 is 16.9 Å². The molecule has 1 N–H and O–H groups in total. The molecule has 2 heterocycles. The van der Waals surface area contributed by atoms with Crippen LogP contribution < -0.4 is 10.1 Å². The lowest BCUT2D eigenvalue weighted by molar-refractivity contribution is 0.300. The summed E-state index contributed by atoms with van der Waals surface area (Å²) in [6, 6.07) is 8.22. The van der Waals surface area contributed by atoms with Gasteiger partial charge in [-0.15, -0.1) is 0 Å². The second-order valence-electron chi connectivity index (χ2n) is 5.83. The summed E-state index contributed by atoms with van der Waals surface area (Å²) in [7, 11) is 7.68. The Morgan fingerprint density at radius 2 is 2.04 bits per heavy atom. The summed E-state index contributed by atoms with van der Waals surface area (Å²) in [4.78, 5) is 10.8. The fourth-order valence-corrected chi connectivity index (χ4v) is 2.81. The SMILES string of the molecule is COc1ccccc1[C@H](CNc1ncnc2c1cnn2C)N(C)C. The van der Waals surface area contributed by atoms with Gasteiger partial charge in [0, 0.05) is 19.2 Å². The zero-order valence-corrected chi connectivity index (χ0v) is 14.4. The molecule has 0 radical (unpaired) electrons. The Kier molecular flexibility index (Phi) is 4.61. The van der Waals surface area contributed by atoms with Gasteiger partial charge in [0.2, 0.25) is 0 Å². The van der Waals surface area contributed by atoms with E-state index in [0.29, 0.717) is 6.54 Å². The summed E-state index contributed by atoms with van der Waals surface area (Å²) in [6.07, 6.45) is 3.34. The van der Waals surface area contributed by atoms with Crippen LogP contribution in [0.3, 0.4) is 0 Å². The average molecular weight is 326 g/mol. The highest BCUT2D eigenvalue weighted by Gasteiger charge is 2.19. The molecule has 7 heteroatoms. The molecule has 3 rings (SSSR count). The molecule has 24 heavy (non-hydrogen) atoms. The van der Waals surface area contributed by atoms with Gasteiger partial charge in [0.1, 0.15) is 17.9 Å². The van der Waals surface area contributed by atoms with Crippen LogP contribution in [0, 0.1) is 0 Å². The first-order valence-corrected chi connectivity index (χ1v) is 7.77. The van der Waals surface area contributed by atoms with Crippen molar-refractivity contribution in [1.82, 2.24) is 24.6 Å². The van der Waals surface area contributed by atoms with Crippen LogP contribution in [0.5, 0.6) is 5.75 Å². The molecule has 0 saturated heterocycles. The summed E-state index contributed by atoms with van der Waals surface area (Å²) >= 11 is 0. The first-order chi connectivity index (χ1) is 11.6. The molecular formula is C17H22N6O. The Balaban J connectivity index is 1.86. The Morgan fingerprint density at radius 1 is 1.25 bits per heavy atom. The van der Waals surface area contributed by atoms with Gasteiger partial charge in [-0.25, -0.2) is 9.97 Å². The molecule has 0 fully saturated rings. The third kappa shape index (κ3) is 3.03. The van der Waals surface area contributed by atoms with Crippen LogP contribution in [-0.4, -0.2) is 52.4 Å². The third-order valence-corrected chi connectivity index (χ3v) is 4.11. The number of likely N-dealkylation sites (N-methyl/N-ethyl adjacent to an activating group) is 1. The molecule has 0 aliphatic carbocycles. The Bertz CT molecular complexity index is 829. The molecule has 0 aliphatic heterocycles. The fraction of sp³-hybridized carbons (Fsp3) is 0.353. The maximum absolute atomic E-state index is 5.51. The lowest BCUT2D eigenvalue weighted by Crippen LogP contribution is -2.27. The van der Waals surface area contributed by atoms with E-state index in [-0.39, 0.29) is 6.04 Å². The number of methoxy groups -OCH3 is 1. The molecule has 3 aromatic rings. The van der Waals surface area contributed by atoms with Crippen LogP contribution >= 0.6 is 0 Å². The van der Waals surface area contributed by atoms with E-state index in [0.717, 1.165) is 28.2 Å². The maximum atomic E-state index is 5.51. The van der Waals surface area contributed by atoms with Gasteiger partial charge in [-0.3, -0.25) is 4.68 Å². The number of fused-ring (bicyclic) bond motifs is 1. The van der Waals surface area contributed by atoms with Crippen molar-refractivity contribution in [2.75, 3.05) is 33.1 Å². The zero-order valence-electron chi connectivity index (χ0n) is 14.4. The Morgan fingerprint density at radius 3 is 2.79 bits per heavy atom. The van der Waals surface area contributed by atoms with E-state index >= 15 is 0 Å². The lowest BCUT2D eigenvalue weighted by atomic mass is 10.0. The largest absolute Gasteiger partial charge is 0.496 e. The molecule has 0 bridgehead atoms. The van der Waals surface area contributed by atoms with Gasteiger partial charge >= 0.3 is 0 Å². The van der Waals surface area contributed by atoms with Gasteiger partial charge in [0.25, 0.3) is 0 Å². The molecular weight excluding hydrogens is 304 g/mol. The predicted molar refractivity (Wildman–Crippen MR) is 94.2 cm³/mol. The van der Waals surface area contributed by atoms with Gasteiger partial charge in [-0.05, 0) is 20.2 Å². The topological polar surface area (TPSA) is 68.1 Å². The molecule has 2 aromatic heterocycles. The van der Waals surface area contributed by atoms with Crippen molar-refractivity contribution in [1.29, 1.82) is 0 Å². The highest BCUT2D eigenvalue weighted by molar-refractivity contribution is 5.85. The molecule has 1 atom stereocenters. The van der Waals surface area contributed by atoms with E-state index in [1.807, 2.05) is 25.2 Å². The summed E-state index contributed by atoms with van der Waals surface area (Å²) in [6.45, 7) is 0.689. The van der Waals surface area contributed by atoms with Crippen molar-refractivity contribution in [2.45, 2.75) is 6.04 Å². The van der Waals surface area contributed by atoms with Crippen molar-refractivity contribution in [3.63, 3.8) is 0 Å². The smallest absolute Gasteiger partial charge is 0.163 e. The number of anilines is 1. The van der Waals surface area contributed by atoms with E-state index in [1.54, 1.807) is 24.3 Å². The van der Waals surface area contributed by atoms with Gasteiger partial charge in [-0.2, -0.15) is 5.10 Å². The number of ether oxygens (including phenoxy) is 1. The molecule has 7 nitrogen and oxygen atoms in total. The van der Waals surface area contributed by atoms with Crippen LogP contribution in [0.4, 0.5) is 5.82 Å². The number of hydrogen-bond donors (Lipinski definition) is 1. The van der Waals surface area contributed by atoms with Gasteiger partial charge in [-0.1, -0.05) is 18.2 Å². The summed E-state index contributed by atoms with van der Waals surface area (Å²) in [5.41, 5.74) is 1.94. The van der Waals surface area contributed by atoms with E-state index in [4.69, 9.17) is 4.74 Å². The minimum absolute atomic E-state index is 0.142. The minimum atomic E-state index is 0.142. The Hall–Kier alpha value is -2.67. The predicted octanol–water partition coefficient (Wildman–Crippen LogP) is 2.09. The summed E-state index contributed by atoms with van der Waals surface area (Å²) < 4.78 is 7.25. The third-order valence-electron chi connectivity index (χ3n) is 4.11. The molecule has 0 unspecified atom stereocenters. The lowest BCUT2D eigenvalue weighted by Gasteiger charge is -2.26. The Labute approximate surface area is 141 Å². The van der Waals surface area contributed by atoms with Crippen molar-refractivity contribution in [3.05, 3.63) is 42.4 Å². The quantitative estimate of drug-likeness (QED) is 0.748. The maximum Gasteiger partial charge on any atom is 0.163 e. The molecule has 0 amide bonds. The van der Waals surface area contributed by atoms with Crippen LogP contribution in [0.25, 0.3) is 11.0 Å². The number of nitrogens with zero attached hydrogens (tertiary/aromatic N) is 5.